The van der Waals surface area contributed by atoms with Crippen molar-refractivity contribution in [1.82, 2.24) is 14.6 Å². The van der Waals surface area contributed by atoms with Crippen LogP contribution in [0.5, 0.6) is 0 Å². The van der Waals surface area contributed by atoms with Crippen molar-refractivity contribution >= 4 is 17.5 Å². The number of hydrogen-bond acceptors (Lipinski definition) is 6. The summed E-state index contributed by atoms with van der Waals surface area (Å²) in [4.78, 5) is 45.3. The number of aliphatic hydroxyl groups excluding tert-OH is 1. The average Bonchev–Trinajstić information content (AvgIpc) is 3.58. The van der Waals surface area contributed by atoms with Crippen LogP contribution in [0.3, 0.4) is 0 Å². The second-order valence-electron chi connectivity index (χ2n) is 11.3. The Hall–Kier alpha value is -3.85. The molecule has 0 unspecified atom stereocenters. The van der Waals surface area contributed by atoms with Crippen molar-refractivity contribution in [2.45, 2.75) is 64.0 Å². The number of hydrogen-bond donors (Lipinski definition) is 1. The van der Waals surface area contributed by atoms with Gasteiger partial charge in [-0.2, -0.15) is 0 Å². The van der Waals surface area contributed by atoms with Gasteiger partial charge in [0.25, 0.3) is 11.5 Å². The molecule has 0 bridgehead atoms. The summed E-state index contributed by atoms with van der Waals surface area (Å²) in [6, 6.07) is 14.0. The number of rotatable bonds is 6. The maximum atomic E-state index is 13.8. The zero-order valence-electron chi connectivity index (χ0n) is 22.9. The molecule has 2 amide bonds. The number of likely N-dealkylation sites (tertiary alicyclic amines) is 1. The van der Waals surface area contributed by atoms with Crippen LogP contribution in [0.15, 0.2) is 62.8 Å². The molecule has 2 aliphatic heterocycles. The van der Waals surface area contributed by atoms with E-state index >= 15 is 0 Å². The number of aliphatic imine (C=N–C) groups is 1. The molecule has 1 fully saturated rings. The molecule has 0 aliphatic carbocycles. The molecule has 39 heavy (non-hydrogen) atoms. The molecule has 5 rings (SSSR count). The molecule has 9 nitrogen and oxygen atoms in total. The monoisotopic (exact) mass is 530 g/mol. The largest absolute Gasteiger partial charge is 0.391 e. The highest BCUT2D eigenvalue weighted by Crippen LogP contribution is 2.39. The summed E-state index contributed by atoms with van der Waals surface area (Å²) < 4.78 is 7.04. The normalized spacial score (nSPS) is 23.9. The number of carbonyl (C=O) groups excluding carboxylic acids is 2. The molecule has 4 atom stereocenters. The van der Waals surface area contributed by atoms with Gasteiger partial charge in [-0.05, 0) is 37.0 Å². The summed E-state index contributed by atoms with van der Waals surface area (Å²) in [6.07, 6.45) is -0.0243. The van der Waals surface area contributed by atoms with Crippen LogP contribution in [0.4, 0.5) is 0 Å². The zero-order valence-corrected chi connectivity index (χ0v) is 22.9. The first-order valence-corrected chi connectivity index (χ1v) is 13.3. The Kier molecular flexibility index (Phi) is 6.88. The molecule has 9 heteroatoms. The van der Waals surface area contributed by atoms with E-state index in [1.807, 2.05) is 58.0 Å². The number of pyridine rings is 1. The van der Waals surface area contributed by atoms with Crippen molar-refractivity contribution in [1.29, 1.82) is 0 Å². The standard InChI is InChI=1S/C30H34N4O5/c1-17(2)27(25-13-18(3)32-39-25)28(37)34-16-21(35)14-24(34)22-15-30(4,29(38)31-22)20-11-9-19(10-12-20)23-7-6-8-26(36)33(23)5/h6-13,17,21,24,27,35H,14-16H2,1-5H3/t21-,24-,27-,30-/m1/s1. The van der Waals surface area contributed by atoms with Crippen LogP contribution in [-0.2, 0) is 22.1 Å². The minimum Gasteiger partial charge on any atom is -0.391 e. The van der Waals surface area contributed by atoms with E-state index in [9.17, 15) is 19.5 Å². The molecule has 204 valence electrons. The lowest BCUT2D eigenvalue weighted by atomic mass is 9.78. The van der Waals surface area contributed by atoms with Gasteiger partial charge in [0.15, 0.2) is 0 Å². The number of benzene rings is 1. The van der Waals surface area contributed by atoms with E-state index in [0.717, 1.165) is 16.8 Å². The predicted molar refractivity (Wildman–Crippen MR) is 146 cm³/mol. The van der Waals surface area contributed by atoms with Crippen molar-refractivity contribution in [2.24, 2.45) is 18.0 Å². The maximum absolute atomic E-state index is 13.8. The Morgan fingerprint density at radius 2 is 1.87 bits per heavy atom. The van der Waals surface area contributed by atoms with Crippen molar-refractivity contribution in [3.63, 3.8) is 0 Å². The van der Waals surface area contributed by atoms with Gasteiger partial charge in [0, 0.05) is 44.3 Å². The summed E-state index contributed by atoms with van der Waals surface area (Å²) in [7, 11) is 1.73. The quantitative estimate of drug-likeness (QED) is 0.522. The molecule has 4 heterocycles. The Morgan fingerprint density at radius 1 is 1.15 bits per heavy atom. The first-order chi connectivity index (χ1) is 18.5. The highest BCUT2D eigenvalue weighted by molar-refractivity contribution is 6.11. The molecule has 2 aromatic heterocycles. The summed E-state index contributed by atoms with van der Waals surface area (Å²) in [5.74, 6) is -0.535. The second-order valence-corrected chi connectivity index (χ2v) is 11.3. The number of β-amino-alcohol motifs (C(OH)–C–C–N with tert-alkyl or cyclic N) is 1. The molecule has 1 N–H and O–H groups in total. The summed E-state index contributed by atoms with van der Waals surface area (Å²) >= 11 is 0. The minimum absolute atomic E-state index is 0.0525. The van der Waals surface area contributed by atoms with Gasteiger partial charge in [-0.3, -0.25) is 14.4 Å². The van der Waals surface area contributed by atoms with Gasteiger partial charge in [-0.15, -0.1) is 0 Å². The lowest BCUT2D eigenvalue weighted by Gasteiger charge is -2.30. The van der Waals surface area contributed by atoms with E-state index in [-0.39, 0.29) is 29.8 Å². The van der Waals surface area contributed by atoms with E-state index in [1.165, 1.54) is 6.07 Å². The lowest BCUT2D eigenvalue weighted by molar-refractivity contribution is -0.134. The summed E-state index contributed by atoms with van der Waals surface area (Å²) in [5, 5.41) is 14.5. The van der Waals surface area contributed by atoms with Gasteiger partial charge in [-0.1, -0.05) is 49.3 Å². The topological polar surface area (TPSA) is 118 Å². The first kappa shape index (κ1) is 26.7. The van der Waals surface area contributed by atoms with Gasteiger partial charge < -0.3 is 19.1 Å². The number of nitrogens with zero attached hydrogens (tertiary/aromatic N) is 4. The van der Waals surface area contributed by atoms with E-state index in [4.69, 9.17) is 4.52 Å². The number of aliphatic hydroxyl groups is 1. The Labute approximate surface area is 227 Å². The van der Waals surface area contributed by atoms with E-state index in [1.54, 1.807) is 28.6 Å². The van der Waals surface area contributed by atoms with Gasteiger partial charge in [-0.25, -0.2) is 4.99 Å². The molecule has 2 aliphatic rings. The fourth-order valence-electron chi connectivity index (χ4n) is 5.83. The summed E-state index contributed by atoms with van der Waals surface area (Å²) in [5.41, 5.74) is 2.78. The molecular weight excluding hydrogens is 496 g/mol. The van der Waals surface area contributed by atoms with Gasteiger partial charge in [0.05, 0.1) is 28.9 Å². The van der Waals surface area contributed by atoms with Crippen molar-refractivity contribution in [3.8, 4) is 11.3 Å². The number of aryl methyl sites for hydroxylation is 1. The van der Waals surface area contributed by atoms with Crippen LogP contribution >= 0.6 is 0 Å². The fourth-order valence-corrected chi connectivity index (χ4v) is 5.83. The van der Waals surface area contributed by atoms with Crippen molar-refractivity contribution < 1.29 is 19.2 Å². The Morgan fingerprint density at radius 3 is 2.51 bits per heavy atom. The average molecular weight is 531 g/mol. The lowest BCUT2D eigenvalue weighted by Crippen LogP contribution is -2.44. The molecule has 0 saturated carbocycles. The third-order valence-electron chi connectivity index (χ3n) is 8.09. The van der Waals surface area contributed by atoms with E-state index in [2.05, 4.69) is 10.1 Å². The van der Waals surface area contributed by atoms with E-state index in [0.29, 0.717) is 30.0 Å². The SMILES string of the molecule is Cc1cc([C@H](C(=O)N2C[C@H](O)C[C@@H]2C2=NC(=O)[C@@](C)(c3ccc(-c4cccc(=O)n4C)cc3)C2)C(C)C)on1. The molecule has 0 spiro atoms. The van der Waals surface area contributed by atoms with Crippen LogP contribution in [-0.4, -0.2) is 55.9 Å². The number of aromatic nitrogens is 2. The van der Waals surface area contributed by atoms with E-state index < -0.39 is 23.5 Å². The molecule has 1 saturated heterocycles. The number of amides is 2. The van der Waals surface area contributed by atoms with Gasteiger partial charge in [0.1, 0.15) is 11.7 Å². The third kappa shape index (κ3) is 4.76. The molecule has 3 aromatic rings. The van der Waals surface area contributed by atoms with Crippen LogP contribution in [0, 0.1) is 12.8 Å². The number of carbonyl (C=O) groups is 2. The Balaban J connectivity index is 1.40. The maximum Gasteiger partial charge on any atom is 0.256 e. The van der Waals surface area contributed by atoms with Gasteiger partial charge in [0.2, 0.25) is 5.91 Å². The highest BCUT2D eigenvalue weighted by Gasteiger charge is 2.48. The minimum atomic E-state index is -0.891. The zero-order chi connectivity index (χ0) is 28.1. The molecule has 0 radical (unpaired) electrons. The molecule has 1 aromatic carbocycles. The van der Waals surface area contributed by atoms with Crippen molar-refractivity contribution in [3.05, 3.63) is 75.9 Å². The molecular formula is C30H34N4O5. The van der Waals surface area contributed by atoms with Crippen molar-refractivity contribution in [2.75, 3.05) is 6.54 Å². The summed E-state index contributed by atoms with van der Waals surface area (Å²) in [6.45, 7) is 7.75. The van der Waals surface area contributed by atoms with Crippen LogP contribution in [0.1, 0.15) is 56.5 Å². The van der Waals surface area contributed by atoms with Crippen LogP contribution < -0.4 is 5.56 Å². The van der Waals surface area contributed by atoms with Crippen LogP contribution in [0.2, 0.25) is 0 Å². The Bertz CT molecular complexity index is 1500. The third-order valence-corrected chi connectivity index (χ3v) is 8.09. The van der Waals surface area contributed by atoms with Gasteiger partial charge >= 0.3 is 0 Å². The van der Waals surface area contributed by atoms with Crippen LogP contribution in [0.25, 0.3) is 11.3 Å². The fraction of sp³-hybridized carbons (Fsp3) is 0.433. The highest BCUT2D eigenvalue weighted by atomic mass is 16.5. The predicted octanol–water partition coefficient (Wildman–Crippen LogP) is 3.38. The smallest absolute Gasteiger partial charge is 0.256 e. The first-order valence-electron chi connectivity index (χ1n) is 13.3. The second kappa shape index (κ2) is 10.0.